The zero-order valence-electron chi connectivity index (χ0n) is 15.8. The van der Waals surface area contributed by atoms with Crippen molar-refractivity contribution in [3.63, 3.8) is 0 Å². The third-order valence-electron chi connectivity index (χ3n) is 5.10. The van der Waals surface area contributed by atoms with E-state index in [-0.39, 0.29) is 5.82 Å². The molecule has 6 heteroatoms. The maximum atomic E-state index is 13.3. The molecule has 0 spiro atoms. The molecular formula is C20H30FN5. The maximum absolute atomic E-state index is 13.3. The molecule has 1 aromatic carbocycles. The number of aliphatic imine (C=N–C) groups is 1. The second kappa shape index (κ2) is 9.03. The Balaban J connectivity index is 1.41. The van der Waals surface area contributed by atoms with E-state index in [1.807, 2.05) is 12.3 Å². The Morgan fingerprint density at radius 3 is 3.00 bits per heavy atom. The predicted molar refractivity (Wildman–Crippen MR) is 106 cm³/mol. The van der Waals surface area contributed by atoms with Crippen LogP contribution in [0.3, 0.4) is 0 Å². The minimum absolute atomic E-state index is 0.211. The number of hydrogen-bond acceptors (Lipinski definition) is 2. The number of nitrogens with one attached hydrogen (secondary N) is 3. The Hall–Kier alpha value is -2.08. The first-order chi connectivity index (χ1) is 12.7. The van der Waals surface area contributed by atoms with Crippen molar-refractivity contribution in [2.45, 2.75) is 26.2 Å². The smallest absolute Gasteiger partial charge is 0.191 e. The fourth-order valence-electron chi connectivity index (χ4n) is 3.72. The highest BCUT2D eigenvalue weighted by Crippen LogP contribution is 2.19. The zero-order chi connectivity index (χ0) is 18.4. The number of H-pyrrole nitrogens is 1. The van der Waals surface area contributed by atoms with Crippen LogP contribution in [0.5, 0.6) is 0 Å². The van der Waals surface area contributed by atoms with E-state index < -0.39 is 0 Å². The third-order valence-corrected chi connectivity index (χ3v) is 5.10. The Kier molecular flexibility index (Phi) is 6.50. The van der Waals surface area contributed by atoms with E-state index in [2.05, 4.69) is 32.4 Å². The second-order valence-corrected chi connectivity index (χ2v) is 7.23. The normalized spacial score (nSPS) is 19.0. The van der Waals surface area contributed by atoms with Gasteiger partial charge in [0.05, 0.1) is 0 Å². The Bertz CT molecular complexity index is 739. The number of fused-ring (bicyclic) bond motifs is 1. The topological polar surface area (TPSA) is 55.5 Å². The number of halogens is 1. The van der Waals surface area contributed by atoms with Gasteiger partial charge in [-0.15, -0.1) is 0 Å². The van der Waals surface area contributed by atoms with Crippen LogP contribution in [-0.4, -0.2) is 55.6 Å². The summed E-state index contributed by atoms with van der Waals surface area (Å²) in [5.74, 6) is 1.43. The molecule has 3 rings (SSSR count). The predicted octanol–water partition coefficient (Wildman–Crippen LogP) is 2.75. The molecule has 0 saturated carbocycles. The van der Waals surface area contributed by atoms with Gasteiger partial charge in [-0.1, -0.05) is 6.92 Å². The van der Waals surface area contributed by atoms with Crippen molar-refractivity contribution >= 4 is 16.9 Å². The van der Waals surface area contributed by atoms with Crippen LogP contribution in [0.4, 0.5) is 4.39 Å². The number of likely N-dealkylation sites (tertiary alicyclic amines) is 1. The van der Waals surface area contributed by atoms with Crippen LogP contribution >= 0.6 is 0 Å². The summed E-state index contributed by atoms with van der Waals surface area (Å²) < 4.78 is 13.3. The van der Waals surface area contributed by atoms with Crippen LogP contribution < -0.4 is 10.6 Å². The molecule has 2 heterocycles. The first-order valence-electron chi connectivity index (χ1n) is 9.58. The van der Waals surface area contributed by atoms with Crippen molar-refractivity contribution in [3.8, 4) is 0 Å². The van der Waals surface area contributed by atoms with Gasteiger partial charge in [0.1, 0.15) is 5.82 Å². The van der Waals surface area contributed by atoms with Gasteiger partial charge >= 0.3 is 0 Å². The summed E-state index contributed by atoms with van der Waals surface area (Å²) in [5, 5.41) is 7.84. The van der Waals surface area contributed by atoms with Crippen molar-refractivity contribution < 1.29 is 4.39 Å². The summed E-state index contributed by atoms with van der Waals surface area (Å²) >= 11 is 0. The number of aromatic nitrogens is 1. The molecule has 0 amide bonds. The summed E-state index contributed by atoms with van der Waals surface area (Å²) in [5.41, 5.74) is 2.03. The molecule has 1 aliphatic heterocycles. The van der Waals surface area contributed by atoms with Gasteiger partial charge in [0.15, 0.2) is 5.96 Å². The van der Waals surface area contributed by atoms with Gasteiger partial charge < -0.3 is 20.5 Å². The van der Waals surface area contributed by atoms with E-state index in [1.165, 1.54) is 43.6 Å². The van der Waals surface area contributed by atoms with Gasteiger partial charge in [0.25, 0.3) is 0 Å². The van der Waals surface area contributed by atoms with Gasteiger partial charge in [-0.05, 0) is 55.5 Å². The van der Waals surface area contributed by atoms with Crippen molar-refractivity contribution in [1.82, 2.24) is 20.5 Å². The lowest BCUT2D eigenvalue weighted by Crippen LogP contribution is -2.44. The first-order valence-corrected chi connectivity index (χ1v) is 9.58. The van der Waals surface area contributed by atoms with Crippen molar-refractivity contribution in [2.75, 3.05) is 39.8 Å². The number of hydrogen-bond donors (Lipinski definition) is 3. The molecule has 1 fully saturated rings. The van der Waals surface area contributed by atoms with E-state index in [4.69, 9.17) is 0 Å². The molecule has 1 saturated heterocycles. The summed E-state index contributed by atoms with van der Waals surface area (Å²) in [6, 6.07) is 4.88. The molecule has 0 bridgehead atoms. The van der Waals surface area contributed by atoms with Gasteiger partial charge in [0, 0.05) is 50.3 Å². The number of nitrogens with zero attached hydrogens (tertiary/aromatic N) is 2. The van der Waals surface area contributed by atoms with E-state index in [1.54, 1.807) is 7.05 Å². The molecule has 0 radical (unpaired) electrons. The van der Waals surface area contributed by atoms with Crippen LogP contribution in [-0.2, 0) is 6.42 Å². The molecule has 1 atom stereocenters. The lowest BCUT2D eigenvalue weighted by Gasteiger charge is -2.30. The molecule has 142 valence electrons. The number of piperidine rings is 1. The van der Waals surface area contributed by atoms with Crippen LogP contribution in [0.25, 0.3) is 10.9 Å². The molecule has 2 aromatic rings. The Labute approximate surface area is 155 Å². The van der Waals surface area contributed by atoms with E-state index >= 15 is 0 Å². The van der Waals surface area contributed by atoms with Crippen LogP contribution in [0.1, 0.15) is 25.3 Å². The van der Waals surface area contributed by atoms with Gasteiger partial charge in [-0.25, -0.2) is 4.39 Å². The first kappa shape index (κ1) is 18.7. The number of benzene rings is 1. The largest absolute Gasteiger partial charge is 0.361 e. The third kappa shape index (κ3) is 4.97. The molecule has 1 aliphatic rings. The molecule has 1 aromatic heterocycles. The molecule has 3 N–H and O–H groups in total. The highest BCUT2D eigenvalue weighted by Gasteiger charge is 2.15. The maximum Gasteiger partial charge on any atom is 0.191 e. The minimum Gasteiger partial charge on any atom is -0.361 e. The summed E-state index contributed by atoms with van der Waals surface area (Å²) in [6.07, 6.45) is 5.48. The number of aromatic amines is 1. The summed E-state index contributed by atoms with van der Waals surface area (Å²) in [4.78, 5) is 9.96. The van der Waals surface area contributed by atoms with Crippen LogP contribution in [0, 0.1) is 11.7 Å². The summed E-state index contributed by atoms with van der Waals surface area (Å²) in [6.45, 7) is 7.48. The van der Waals surface area contributed by atoms with E-state index in [0.717, 1.165) is 48.8 Å². The molecule has 5 nitrogen and oxygen atoms in total. The van der Waals surface area contributed by atoms with E-state index in [9.17, 15) is 4.39 Å². The highest BCUT2D eigenvalue weighted by molar-refractivity contribution is 5.83. The molecule has 0 aliphatic carbocycles. The number of guanidine groups is 1. The fraction of sp³-hybridized carbons (Fsp3) is 0.550. The average molecular weight is 359 g/mol. The molecular weight excluding hydrogens is 329 g/mol. The van der Waals surface area contributed by atoms with Crippen LogP contribution in [0.15, 0.2) is 29.4 Å². The standard InChI is InChI=1S/C20H30FN5/c1-15-4-3-10-26(14-15)11-9-24-20(22-2)23-8-7-16-13-25-19-12-17(21)5-6-18(16)19/h5-6,12-13,15,25H,3-4,7-11,14H2,1-2H3,(H2,22,23,24). The van der Waals surface area contributed by atoms with Crippen LogP contribution in [0.2, 0.25) is 0 Å². The molecule has 1 unspecified atom stereocenters. The Morgan fingerprint density at radius 1 is 1.35 bits per heavy atom. The fourth-order valence-corrected chi connectivity index (χ4v) is 3.72. The van der Waals surface area contributed by atoms with Crippen molar-refractivity contribution in [1.29, 1.82) is 0 Å². The van der Waals surface area contributed by atoms with Gasteiger partial charge in [0.2, 0.25) is 0 Å². The zero-order valence-corrected chi connectivity index (χ0v) is 15.8. The van der Waals surface area contributed by atoms with Gasteiger partial charge in [-0.3, -0.25) is 4.99 Å². The van der Waals surface area contributed by atoms with Gasteiger partial charge in [-0.2, -0.15) is 0 Å². The number of rotatable bonds is 6. The van der Waals surface area contributed by atoms with Crippen molar-refractivity contribution in [2.24, 2.45) is 10.9 Å². The quantitative estimate of drug-likeness (QED) is 0.549. The lowest BCUT2D eigenvalue weighted by atomic mass is 10.0. The monoisotopic (exact) mass is 359 g/mol. The lowest BCUT2D eigenvalue weighted by molar-refractivity contribution is 0.187. The highest BCUT2D eigenvalue weighted by atomic mass is 19.1. The second-order valence-electron chi connectivity index (χ2n) is 7.23. The molecule has 26 heavy (non-hydrogen) atoms. The van der Waals surface area contributed by atoms with Crippen molar-refractivity contribution in [3.05, 3.63) is 35.8 Å². The summed E-state index contributed by atoms with van der Waals surface area (Å²) in [7, 11) is 1.80. The van der Waals surface area contributed by atoms with E-state index in [0.29, 0.717) is 0 Å². The minimum atomic E-state index is -0.211. The Morgan fingerprint density at radius 2 is 2.19 bits per heavy atom. The SMILES string of the molecule is CN=C(NCCc1c[nH]c2cc(F)ccc12)NCCN1CCCC(C)C1. The average Bonchev–Trinajstić information content (AvgIpc) is 3.02.